The molecule has 3 rings (SSSR count). The van der Waals surface area contributed by atoms with Crippen LogP contribution < -0.4 is 0 Å². The van der Waals surface area contributed by atoms with Crippen LogP contribution in [0.15, 0.2) is 42.6 Å². The zero-order valence-corrected chi connectivity index (χ0v) is 13.9. The molecule has 0 saturated carbocycles. The van der Waals surface area contributed by atoms with Crippen LogP contribution in [0.25, 0.3) is 0 Å². The van der Waals surface area contributed by atoms with Gasteiger partial charge in [-0.05, 0) is 43.0 Å². The summed E-state index contributed by atoms with van der Waals surface area (Å²) in [5, 5.41) is 0. The largest absolute Gasteiger partial charge is 0.464 e. The van der Waals surface area contributed by atoms with Gasteiger partial charge in [-0.25, -0.2) is 9.78 Å². The lowest BCUT2D eigenvalue weighted by Gasteiger charge is -2.26. The Morgan fingerprint density at radius 2 is 2.04 bits per heavy atom. The number of ether oxygens (including phenoxy) is 1. The first-order chi connectivity index (χ1) is 11.6. The summed E-state index contributed by atoms with van der Waals surface area (Å²) in [7, 11) is 1.30. The highest BCUT2D eigenvalue weighted by molar-refractivity contribution is 5.97. The lowest BCUT2D eigenvalue weighted by molar-refractivity contribution is 0.0594. The smallest absolute Gasteiger partial charge is 0.356 e. The van der Waals surface area contributed by atoms with Crippen molar-refractivity contribution in [2.24, 2.45) is 0 Å². The molecule has 24 heavy (non-hydrogen) atoms. The Morgan fingerprint density at radius 3 is 2.79 bits per heavy atom. The van der Waals surface area contributed by atoms with E-state index in [4.69, 9.17) is 0 Å². The van der Waals surface area contributed by atoms with Crippen LogP contribution in [0.3, 0.4) is 0 Å². The molecule has 2 heterocycles. The number of aryl methyl sites for hydroxylation is 1. The SMILES string of the molecule is COC(=O)c1cc(C(=O)N2CCCC2c2ccccc2C)ccn1. The van der Waals surface area contributed by atoms with Crippen molar-refractivity contribution in [3.63, 3.8) is 0 Å². The van der Waals surface area contributed by atoms with E-state index in [9.17, 15) is 9.59 Å². The van der Waals surface area contributed by atoms with E-state index in [2.05, 4.69) is 28.8 Å². The number of aromatic nitrogens is 1. The lowest BCUT2D eigenvalue weighted by Crippen LogP contribution is -2.31. The van der Waals surface area contributed by atoms with Crippen LogP contribution in [0.4, 0.5) is 0 Å². The normalized spacial score (nSPS) is 16.9. The van der Waals surface area contributed by atoms with Crippen molar-refractivity contribution in [1.82, 2.24) is 9.88 Å². The third kappa shape index (κ3) is 3.02. The summed E-state index contributed by atoms with van der Waals surface area (Å²) in [6, 6.07) is 11.4. The van der Waals surface area contributed by atoms with Gasteiger partial charge >= 0.3 is 5.97 Å². The first-order valence-electron chi connectivity index (χ1n) is 8.02. The second-order valence-corrected chi connectivity index (χ2v) is 5.93. The number of methoxy groups -OCH3 is 1. The number of likely N-dealkylation sites (tertiary alicyclic amines) is 1. The quantitative estimate of drug-likeness (QED) is 0.814. The molecule has 0 bridgehead atoms. The van der Waals surface area contributed by atoms with Crippen LogP contribution in [0.5, 0.6) is 0 Å². The number of carbonyl (C=O) groups excluding carboxylic acids is 2. The Bertz CT molecular complexity index is 773. The first kappa shape index (κ1) is 16.2. The van der Waals surface area contributed by atoms with Gasteiger partial charge in [-0.15, -0.1) is 0 Å². The van der Waals surface area contributed by atoms with E-state index >= 15 is 0 Å². The van der Waals surface area contributed by atoms with Gasteiger partial charge in [0.25, 0.3) is 5.91 Å². The van der Waals surface area contributed by atoms with Crippen molar-refractivity contribution >= 4 is 11.9 Å². The number of amides is 1. The summed E-state index contributed by atoms with van der Waals surface area (Å²) in [5.74, 6) is -0.616. The van der Waals surface area contributed by atoms with E-state index < -0.39 is 5.97 Å². The maximum Gasteiger partial charge on any atom is 0.356 e. The van der Waals surface area contributed by atoms with Gasteiger partial charge in [0.2, 0.25) is 0 Å². The maximum absolute atomic E-state index is 13.0. The molecule has 1 aromatic carbocycles. The molecule has 0 radical (unpaired) electrons. The summed E-state index contributed by atoms with van der Waals surface area (Å²) < 4.78 is 4.68. The molecular formula is C19H20N2O3. The number of pyridine rings is 1. The van der Waals surface area contributed by atoms with Gasteiger partial charge in [0, 0.05) is 18.3 Å². The second kappa shape index (κ2) is 6.83. The molecule has 1 atom stereocenters. The van der Waals surface area contributed by atoms with E-state index in [-0.39, 0.29) is 17.6 Å². The zero-order valence-electron chi connectivity index (χ0n) is 13.9. The van der Waals surface area contributed by atoms with Crippen molar-refractivity contribution in [2.45, 2.75) is 25.8 Å². The minimum absolute atomic E-state index is 0.0756. The van der Waals surface area contributed by atoms with Crippen molar-refractivity contribution < 1.29 is 14.3 Å². The lowest BCUT2D eigenvalue weighted by atomic mass is 9.99. The molecule has 1 aromatic heterocycles. The molecule has 5 heteroatoms. The molecular weight excluding hydrogens is 304 g/mol. The van der Waals surface area contributed by atoms with Crippen LogP contribution in [-0.2, 0) is 4.74 Å². The van der Waals surface area contributed by atoms with Gasteiger partial charge in [-0.2, -0.15) is 0 Å². The molecule has 0 aliphatic carbocycles. The Labute approximate surface area is 141 Å². The van der Waals surface area contributed by atoms with E-state index in [1.807, 2.05) is 17.0 Å². The number of esters is 1. The van der Waals surface area contributed by atoms with E-state index in [1.54, 1.807) is 6.07 Å². The van der Waals surface area contributed by atoms with E-state index in [0.29, 0.717) is 12.1 Å². The number of nitrogens with zero attached hydrogens (tertiary/aromatic N) is 2. The second-order valence-electron chi connectivity index (χ2n) is 5.93. The van der Waals surface area contributed by atoms with Gasteiger partial charge in [-0.1, -0.05) is 24.3 Å². The number of hydrogen-bond donors (Lipinski definition) is 0. The van der Waals surface area contributed by atoms with Crippen molar-refractivity contribution in [3.8, 4) is 0 Å². The van der Waals surface area contributed by atoms with Gasteiger partial charge in [-0.3, -0.25) is 4.79 Å². The molecule has 1 amide bonds. The van der Waals surface area contributed by atoms with E-state index in [1.165, 1.54) is 30.5 Å². The van der Waals surface area contributed by atoms with Crippen molar-refractivity contribution in [1.29, 1.82) is 0 Å². The molecule has 0 spiro atoms. The zero-order chi connectivity index (χ0) is 17.1. The highest BCUT2D eigenvalue weighted by Gasteiger charge is 2.31. The molecule has 5 nitrogen and oxygen atoms in total. The number of carbonyl (C=O) groups is 2. The Morgan fingerprint density at radius 1 is 1.25 bits per heavy atom. The molecule has 2 aromatic rings. The maximum atomic E-state index is 13.0. The molecule has 124 valence electrons. The Hall–Kier alpha value is -2.69. The molecule has 1 aliphatic heterocycles. The summed E-state index contributed by atoms with van der Waals surface area (Å²) in [5.41, 5.74) is 2.98. The minimum Gasteiger partial charge on any atom is -0.464 e. The average molecular weight is 324 g/mol. The number of rotatable bonds is 3. The fourth-order valence-electron chi connectivity index (χ4n) is 3.24. The highest BCUT2D eigenvalue weighted by atomic mass is 16.5. The Kier molecular flexibility index (Phi) is 4.60. The van der Waals surface area contributed by atoms with Gasteiger partial charge < -0.3 is 9.64 Å². The topological polar surface area (TPSA) is 59.5 Å². The molecule has 0 N–H and O–H groups in total. The average Bonchev–Trinajstić information content (AvgIpc) is 3.10. The number of benzene rings is 1. The van der Waals surface area contributed by atoms with Crippen LogP contribution in [0, 0.1) is 6.92 Å². The van der Waals surface area contributed by atoms with E-state index in [0.717, 1.165) is 12.8 Å². The predicted octanol–water partition coefficient (Wildman–Crippen LogP) is 3.15. The molecule has 1 unspecified atom stereocenters. The van der Waals surface area contributed by atoms with Crippen molar-refractivity contribution in [2.75, 3.05) is 13.7 Å². The van der Waals surface area contributed by atoms with Gasteiger partial charge in [0.05, 0.1) is 13.2 Å². The molecule has 1 fully saturated rings. The third-order valence-corrected chi connectivity index (χ3v) is 4.46. The fourth-order valence-corrected chi connectivity index (χ4v) is 3.24. The minimum atomic E-state index is -0.540. The van der Waals surface area contributed by atoms with Crippen LogP contribution >= 0.6 is 0 Å². The van der Waals surface area contributed by atoms with Gasteiger partial charge in [0.15, 0.2) is 0 Å². The van der Waals surface area contributed by atoms with Crippen LogP contribution in [0.1, 0.15) is 50.9 Å². The Balaban J connectivity index is 1.89. The van der Waals surface area contributed by atoms with Crippen LogP contribution in [0.2, 0.25) is 0 Å². The summed E-state index contributed by atoms with van der Waals surface area (Å²) in [6.07, 6.45) is 3.39. The van der Waals surface area contributed by atoms with Crippen LogP contribution in [-0.4, -0.2) is 35.4 Å². The highest BCUT2D eigenvalue weighted by Crippen LogP contribution is 2.34. The fraction of sp³-hybridized carbons (Fsp3) is 0.316. The predicted molar refractivity (Wildman–Crippen MR) is 89.8 cm³/mol. The van der Waals surface area contributed by atoms with Crippen molar-refractivity contribution in [3.05, 3.63) is 65.0 Å². The molecule has 1 aliphatic rings. The summed E-state index contributed by atoms with van der Waals surface area (Å²) >= 11 is 0. The summed E-state index contributed by atoms with van der Waals surface area (Å²) in [4.78, 5) is 30.4. The third-order valence-electron chi connectivity index (χ3n) is 4.46. The number of hydrogen-bond acceptors (Lipinski definition) is 4. The monoisotopic (exact) mass is 324 g/mol. The summed E-state index contributed by atoms with van der Waals surface area (Å²) in [6.45, 7) is 2.78. The standard InChI is InChI=1S/C19H20N2O3/c1-13-6-3-4-7-15(13)17-8-5-11-21(17)18(22)14-9-10-20-16(12-14)19(23)24-2/h3-4,6-7,9-10,12,17H,5,8,11H2,1-2H3. The first-order valence-corrected chi connectivity index (χ1v) is 8.02. The van der Waals surface area contributed by atoms with Gasteiger partial charge in [0.1, 0.15) is 5.69 Å². The molecule has 1 saturated heterocycles.